The van der Waals surface area contributed by atoms with Gasteiger partial charge in [0.2, 0.25) is 0 Å². The number of hydrogen-bond acceptors (Lipinski definition) is 6. The van der Waals surface area contributed by atoms with Crippen LogP contribution in [-0.4, -0.2) is 26.6 Å². The highest BCUT2D eigenvalue weighted by molar-refractivity contribution is 7.61. The van der Waals surface area contributed by atoms with E-state index in [9.17, 15) is 8.42 Å². The Bertz CT molecular complexity index is 388. The van der Waals surface area contributed by atoms with Crippen LogP contribution in [0.4, 0.5) is 5.69 Å². The molecule has 0 spiro atoms. The minimum Gasteiger partial charge on any atom is -0.499 e. The summed E-state index contributed by atoms with van der Waals surface area (Å²) in [5.41, 5.74) is 0.773. The Kier molecular flexibility index (Phi) is 3.71. The largest absolute Gasteiger partial charge is 0.499 e. The second-order valence-electron chi connectivity index (χ2n) is 2.17. The maximum Gasteiger partial charge on any atom is 0.311 e. The number of nitrogens with zero attached hydrogens (tertiary/aromatic N) is 1. The van der Waals surface area contributed by atoms with Crippen LogP contribution in [0.25, 0.3) is 0 Å². The van der Waals surface area contributed by atoms with E-state index in [4.69, 9.17) is 5.11 Å². The smallest absolute Gasteiger partial charge is 0.311 e. The summed E-state index contributed by atoms with van der Waals surface area (Å²) in [6.45, 7) is 0.636. The van der Waals surface area contributed by atoms with Crippen LogP contribution in [0.1, 0.15) is 0 Å². The third-order valence-electron chi connectivity index (χ3n) is 1.22. The molecule has 0 radical (unpaired) electrons. The van der Waals surface area contributed by atoms with Gasteiger partial charge in [-0.05, 0) is 0 Å². The third kappa shape index (κ3) is 3.90. The zero-order valence-corrected chi connectivity index (χ0v) is 8.23. The minimum absolute atomic E-state index is 0.201. The molecule has 1 heterocycles. The maximum absolute atomic E-state index is 9.98. The van der Waals surface area contributed by atoms with Gasteiger partial charge in [0.1, 0.15) is 0 Å². The van der Waals surface area contributed by atoms with Gasteiger partial charge < -0.3 is 10.4 Å². The molecule has 0 aromatic carbocycles. The Morgan fingerprint density at radius 3 is 2.92 bits per heavy atom. The molecule has 0 fully saturated rings. The van der Waals surface area contributed by atoms with Crippen LogP contribution in [0.2, 0.25) is 0 Å². The topological polar surface area (TPSA) is 78.8 Å². The molecule has 72 valence electrons. The summed E-state index contributed by atoms with van der Waals surface area (Å²) in [5.74, 6) is 0. The number of anilines is 1. The van der Waals surface area contributed by atoms with Crippen LogP contribution in [-0.2, 0) is 10.5 Å². The molecule has 0 bridgehead atoms. The number of nitrogens with one attached hydrogen (secondary N) is 1. The molecule has 1 aromatic rings. The van der Waals surface area contributed by atoms with Gasteiger partial charge in [0.15, 0.2) is 5.06 Å². The number of aromatic hydroxyl groups is 1. The number of thiophene rings is 1. The zero-order chi connectivity index (χ0) is 9.68. The highest BCUT2D eigenvalue weighted by Crippen LogP contribution is 2.24. The molecule has 0 aliphatic heterocycles. The molecule has 0 atom stereocenters. The average molecular weight is 220 g/mol. The van der Waals surface area contributed by atoms with Crippen molar-refractivity contribution in [3.05, 3.63) is 11.4 Å². The molecular weight excluding hydrogens is 212 g/mol. The molecule has 0 unspecified atom stereocenters. The lowest BCUT2D eigenvalue weighted by molar-refractivity contribution is 0.491. The fourth-order valence-corrected chi connectivity index (χ4v) is 1.57. The van der Waals surface area contributed by atoms with Gasteiger partial charge >= 0.3 is 10.5 Å². The van der Waals surface area contributed by atoms with Crippen molar-refractivity contribution in [1.82, 2.24) is 0 Å². The van der Waals surface area contributed by atoms with E-state index in [0.717, 1.165) is 5.69 Å². The van der Waals surface area contributed by atoms with E-state index < -0.39 is 10.5 Å². The molecule has 0 saturated carbocycles. The molecule has 0 amide bonds. The molecule has 2 N–H and O–H groups in total. The van der Waals surface area contributed by atoms with Crippen molar-refractivity contribution in [2.24, 2.45) is 4.36 Å². The standard InChI is InChI=1S/C6H8N2O3S2/c9-6-3-5(4-12-6)7-1-2-8-13(10)11/h3-4,7,9H,1-2H2. The van der Waals surface area contributed by atoms with Crippen LogP contribution in [0.3, 0.4) is 0 Å². The van der Waals surface area contributed by atoms with Crippen molar-refractivity contribution in [2.75, 3.05) is 18.4 Å². The first kappa shape index (κ1) is 10.0. The summed E-state index contributed by atoms with van der Waals surface area (Å²) in [4.78, 5) is 0. The van der Waals surface area contributed by atoms with Gasteiger partial charge in [0.25, 0.3) is 0 Å². The third-order valence-corrected chi connectivity index (χ3v) is 2.35. The molecule has 0 saturated heterocycles. The molecule has 13 heavy (non-hydrogen) atoms. The van der Waals surface area contributed by atoms with Crippen molar-refractivity contribution in [3.8, 4) is 5.06 Å². The van der Waals surface area contributed by atoms with Crippen LogP contribution >= 0.6 is 11.3 Å². The first-order chi connectivity index (χ1) is 6.18. The summed E-state index contributed by atoms with van der Waals surface area (Å²) in [6.07, 6.45) is 0. The van der Waals surface area contributed by atoms with Crippen molar-refractivity contribution in [1.29, 1.82) is 0 Å². The predicted molar refractivity (Wildman–Crippen MR) is 50.7 cm³/mol. The Morgan fingerprint density at radius 1 is 1.62 bits per heavy atom. The van der Waals surface area contributed by atoms with E-state index >= 15 is 0 Å². The van der Waals surface area contributed by atoms with Crippen molar-refractivity contribution >= 4 is 27.5 Å². The van der Waals surface area contributed by atoms with Crippen molar-refractivity contribution in [2.45, 2.75) is 0 Å². The maximum atomic E-state index is 9.98. The normalized spacial score (nSPS) is 9.54. The fraction of sp³-hybridized carbons (Fsp3) is 0.333. The Labute approximate surface area is 80.7 Å². The number of rotatable bonds is 4. The lowest BCUT2D eigenvalue weighted by Gasteiger charge is -1.97. The highest BCUT2D eigenvalue weighted by atomic mass is 32.2. The highest BCUT2D eigenvalue weighted by Gasteiger charge is 1.95. The van der Waals surface area contributed by atoms with Crippen LogP contribution in [0, 0.1) is 0 Å². The molecule has 1 rings (SSSR count). The van der Waals surface area contributed by atoms with Gasteiger partial charge in [0, 0.05) is 23.7 Å². The van der Waals surface area contributed by atoms with Gasteiger partial charge in [-0.2, -0.15) is 12.8 Å². The second kappa shape index (κ2) is 4.83. The molecule has 5 nitrogen and oxygen atoms in total. The summed E-state index contributed by atoms with van der Waals surface area (Å²) in [5, 5.41) is 13.8. The quantitative estimate of drug-likeness (QED) is 0.740. The van der Waals surface area contributed by atoms with E-state index in [-0.39, 0.29) is 11.6 Å². The molecule has 1 aromatic heterocycles. The Balaban J connectivity index is 2.32. The average Bonchev–Trinajstić information content (AvgIpc) is 2.45. The van der Waals surface area contributed by atoms with Crippen molar-refractivity contribution in [3.63, 3.8) is 0 Å². The summed E-state index contributed by atoms with van der Waals surface area (Å²) >= 11 is 1.21. The van der Waals surface area contributed by atoms with Crippen LogP contribution < -0.4 is 5.32 Å². The van der Waals surface area contributed by atoms with Gasteiger partial charge in [0.05, 0.1) is 6.54 Å². The van der Waals surface area contributed by atoms with Crippen LogP contribution in [0.15, 0.2) is 15.8 Å². The van der Waals surface area contributed by atoms with E-state index in [1.807, 2.05) is 0 Å². The summed E-state index contributed by atoms with van der Waals surface area (Å²) in [6, 6.07) is 1.57. The zero-order valence-electron chi connectivity index (χ0n) is 6.60. The van der Waals surface area contributed by atoms with Gasteiger partial charge in [-0.25, -0.2) is 0 Å². The molecule has 0 aliphatic rings. The van der Waals surface area contributed by atoms with Gasteiger partial charge in [-0.1, -0.05) is 0 Å². The monoisotopic (exact) mass is 220 g/mol. The van der Waals surface area contributed by atoms with Gasteiger partial charge in [-0.15, -0.1) is 11.3 Å². The lowest BCUT2D eigenvalue weighted by atomic mass is 10.5. The molecule has 0 aliphatic carbocycles. The fourth-order valence-electron chi connectivity index (χ4n) is 0.738. The number of hydrogen-bond donors (Lipinski definition) is 2. The van der Waals surface area contributed by atoms with E-state index in [2.05, 4.69) is 9.68 Å². The molecular formula is C6H8N2O3S2. The van der Waals surface area contributed by atoms with Gasteiger partial charge in [-0.3, -0.25) is 0 Å². The Hall–Kier alpha value is -1.08. The first-order valence-corrected chi connectivity index (χ1v) is 5.38. The van der Waals surface area contributed by atoms with E-state index in [0.29, 0.717) is 6.54 Å². The van der Waals surface area contributed by atoms with Crippen LogP contribution in [0.5, 0.6) is 5.06 Å². The molecule has 7 heteroatoms. The van der Waals surface area contributed by atoms with E-state index in [1.54, 1.807) is 11.4 Å². The predicted octanol–water partition coefficient (Wildman–Crippen LogP) is 0.928. The summed E-state index contributed by atoms with van der Waals surface area (Å²) < 4.78 is 23.2. The Morgan fingerprint density at radius 2 is 2.38 bits per heavy atom. The minimum atomic E-state index is -2.33. The summed E-state index contributed by atoms with van der Waals surface area (Å²) in [7, 11) is -2.33. The SMILES string of the molecule is O=S(=O)=NCCNc1csc(O)c1. The van der Waals surface area contributed by atoms with Crippen molar-refractivity contribution < 1.29 is 13.5 Å². The van der Waals surface area contributed by atoms with E-state index in [1.165, 1.54) is 11.3 Å². The second-order valence-corrected chi connectivity index (χ2v) is 3.75. The first-order valence-electron chi connectivity index (χ1n) is 3.47. The lowest BCUT2D eigenvalue weighted by Crippen LogP contribution is -2.03.